The molecule has 0 unspecified atom stereocenters. The predicted molar refractivity (Wildman–Crippen MR) is 160 cm³/mol. The number of halogens is 1. The van der Waals surface area contributed by atoms with Crippen LogP contribution in [-0.2, 0) is 21.1 Å². The molecule has 0 radical (unpaired) electrons. The molecule has 1 aliphatic rings. The van der Waals surface area contributed by atoms with Crippen LogP contribution in [0.25, 0.3) is 56.0 Å². The van der Waals surface area contributed by atoms with Gasteiger partial charge in [-0.3, -0.25) is 14.9 Å². The van der Waals surface area contributed by atoms with Gasteiger partial charge in [-0.05, 0) is 60.7 Å². The summed E-state index contributed by atoms with van der Waals surface area (Å²) in [4.78, 5) is 33.4. The van der Waals surface area contributed by atoms with E-state index in [0.29, 0.717) is 56.1 Å². The molecule has 216 valence electrons. The van der Waals surface area contributed by atoms with E-state index in [1.54, 1.807) is 36.9 Å². The number of aromatic nitrogens is 7. The molecule has 5 aromatic heterocycles. The predicted octanol–water partition coefficient (Wildman–Crippen LogP) is 4.70. The van der Waals surface area contributed by atoms with Crippen LogP contribution in [0.2, 0.25) is 0 Å². The summed E-state index contributed by atoms with van der Waals surface area (Å²) < 4.78 is 37.9. The summed E-state index contributed by atoms with van der Waals surface area (Å²) in [5.41, 5.74) is 6.09. The molecule has 0 aliphatic heterocycles. The number of nitrogens with zero attached hydrogens (tertiary/aromatic N) is 5. The number of imidazole rings is 1. The van der Waals surface area contributed by atoms with Crippen molar-refractivity contribution >= 4 is 43.6 Å². The monoisotopic (exact) mass is 596 g/mol. The van der Waals surface area contributed by atoms with Crippen LogP contribution in [0.5, 0.6) is 0 Å². The molecule has 0 bridgehead atoms. The van der Waals surface area contributed by atoms with Gasteiger partial charge in [-0.1, -0.05) is 6.07 Å². The van der Waals surface area contributed by atoms with Gasteiger partial charge in [0.25, 0.3) is 0 Å². The van der Waals surface area contributed by atoms with Crippen molar-refractivity contribution in [2.45, 2.75) is 19.3 Å². The zero-order chi connectivity index (χ0) is 29.7. The fraction of sp³-hybridized carbons (Fsp3) is 0.200. The molecule has 0 atom stereocenters. The number of H-pyrrole nitrogens is 2. The Morgan fingerprint density at radius 1 is 1.02 bits per heavy atom. The number of pyridine rings is 3. The summed E-state index contributed by atoms with van der Waals surface area (Å²) in [6.07, 6.45) is 9.80. The minimum absolute atomic E-state index is 0.00545. The highest BCUT2D eigenvalue weighted by Crippen LogP contribution is 2.34. The van der Waals surface area contributed by atoms with E-state index in [-0.39, 0.29) is 24.0 Å². The summed E-state index contributed by atoms with van der Waals surface area (Å²) in [5, 5.41) is 11.0. The van der Waals surface area contributed by atoms with E-state index in [2.05, 4.69) is 40.4 Å². The van der Waals surface area contributed by atoms with Crippen LogP contribution in [0, 0.1) is 11.7 Å². The van der Waals surface area contributed by atoms with Crippen LogP contribution < -0.4 is 5.32 Å². The van der Waals surface area contributed by atoms with Gasteiger partial charge in [-0.15, -0.1) is 0 Å². The van der Waals surface area contributed by atoms with Gasteiger partial charge < -0.3 is 10.3 Å². The lowest BCUT2D eigenvalue weighted by molar-refractivity contribution is -0.117. The maximum atomic E-state index is 14.6. The van der Waals surface area contributed by atoms with Crippen LogP contribution in [0.1, 0.15) is 18.4 Å². The smallest absolute Gasteiger partial charge is 0.227 e. The van der Waals surface area contributed by atoms with E-state index in [9.17, 15) is 17.6 Å². The largest absolute Gasteiger partial charge is 0.335 e. The Bertz CT molecular complexity index is 2150. The lowest BCUT2D eigenvalue weighted by atomic mass is 10.0. The molecule has 13 heteroatoms. The third-order valence-corrected chi connectivity index (χ3v) is 8.30. The van der Waals surface area contributed by atoms with Gasteiger partial charge in [-0.25, -0.2) is 27.8 Å². The average Bonchev–Trinajstić information content (AvgIpc) is 3.61. The number of hydrogen-bond donors (Lipinski definition) is 3. The fourth-order valence-corrected chi connectivity index (χ4v) is 5.62. The topological polar surface area (TPSA) is 159 Å². The lowest BCUT2D eigenvalue weighted by Crippen LogP contribution is -2.13. The Balaban J connectivity index is 1.25. The molecule has 43 heavy (non-hydrogen) atoms. The first-order valence-corrected chi connectivity index (χ1v) is 15.7. The highest BCUT2D eigenvalue weighted by molar-refractivity contribution is 7.90. The molecule has 0 saturated heterocycles. The summed E-state index contributed by atoms with van der Waals surface area (Å²) >= 11 is 0. The van der Waals surface area contributed by atoms with Crippen molar-refractivity contribution in [1.82, 2.24) is 35.1 Å². The minimum Gasteiger partial charge on any atom is -0.335 e. The second-order valence-electron chi connectivity index (χ2n) is 10.8. The van der Waals surface area contributed by atoms with E-state index < -0.39 is 15.7 Å². The molecule has 1 aliphatic carbocycles. The van der Waals surface area contributed by atoms with Crippen molar-refractivity contribution in [3.05, 3.63) is 72.6 Å². The van der Waals surface area contributed by atoms with Crippen molar-refractivity contribution in [1.29, 1.82) is 0 Å². The maximum Gasteiger partial charge on any atom is 0.227 e. The Morgan fingerprint density at radius 3 is 2.67 bits per heavy atom. The number of amides is 1. The molecular formula is C30H25FN8O3S. The molecule has 1 amide bonds. The van der Waals surface area contributed by atoms with Crippen LogP contribution in [-0.4, -0.2) is 61.5 Å². The Hall–Kier alpha value is -5.04. The molecule has 0 spiro atoms. The number of rotatable bonds is 8. The molecule has 3 N–H and O–H groups in total. The van der Waals surface area contributed by atoms with Gasteiger partial charge in [0.1, 0.15) is 21.3 Å². The van der Waals surface area contributed by atoms with Crippen molar-refractivity contribution in [2.75, 3.05) is 17.3 Å². The zero-order valence-corrected chi connectivity index (χ0v) is 23.7. The number of aryl methyl sites for hydroxylation is 1. The van der Waals surface area contributed by atoms with E-state index in [1.807, 2.05) is 12.1 Å². The van der Waals surface area contributed by atoms with Crippen molar-refractivity contribution in [3.63, 3.8) is 0 Å². The molecule has 7 rings (SSSR count). The number of anilines is 1. The first-order chi connectivity index (χ1) is 20.7. The third kappa shape index (κ3) is 5.58. The Morgan fingerprint density at radius 2 is 1.86 bits per heavy atom. The van der Waals surface area contributed by atoms with Crippen molar-refractivity contribution in [2.24, 2.45) is 5.92 Å². The first kappa shape index (κ1) is 26.8. The number of nitrogens with one attached hydrogen (secondary N) is 3. The SMILES string of the molecule is CS(=O)(=O)CCc1cc(F)cc(-c2ccnc3nc(-c4[nH]nc5ncc(-c6cncc(NC(=O)C7CC7)c6)cc45)[nH]c23)c1. The number of sulfone groups is 1. The lowest BCUT2D eigenvalue weighted by Gasteiger charge is -2.07. The molecule has 6 aromatic rings. The molecule has 5 heterocycles. The highest BCUT2D eigenvalue weighted by Gasteiger charge is 2.29. The van der Waals surface area contributed by atoms with E-state index in [4.69, 9.17) is 0 Å². The zero-order valence-electron chi connectivity index (χ0n) is 22.9. The van der Waals surface area contributed by atoms with E-state index in [1.165, 1.54) is 12.1 Å². The molecular weight excluding hydrogens is 571 g/mol. The van der Waals surface area contributed by atoms with Crippen molar-refractivity contribution in [3.8, 4) is 33.8 Å². The standard InChI is InChI=1S/C30H25FN8O3S/c1-43(41,42)7-5-16-8-18(10-21(31)9-16)23-4-6-33-28-25(23)36-29(37-28)26-24-12-20(14-34-27(24)39-38-26)19-11-22(15-32-13-19)35-30(40)17-2-3-17/h4,6,8-15,17H,2-3,5,7H2,1H3,(H,35,40)(H,33,36,37)(H,34,38,39). The number of fused-ring (bicyclic) bond motifs is 2. The van der Waals surface area contributed by atoms with Gasteiger partial charge in [0, 0.05) is 47.5 Å². The summed E-state index contributed by atoms with van der Waals surface area (Å²) in [6, 6.07) is 10.1. The minimum atomic E-state index is -3.20. The van der Waals surface area contributed by atoms with E-state index in [0.717, 1.165) is 30.2 Å². The van der Waals surface area contributed by atoms with Crippen LogP contribution >= 0.6 is 0 Å². The molecule has 1 saturated carbocycles. The Kier molecular flexibility index (Phi) is 6.46. The summed E-state index contributed by atoms with van der Waals surface area (Å²) in [5.74, 6) is 0.0136. The highest BCUT2D eigenvalue weighted by atomic mass is 32.2. The van der Waals surface area contributed by atoms with Crippen LogP contribution in [0.15, 0.2) is 61.2 Å². The molecule has 1 fully saturated rings. The normalized spacial score (nSPS) is 13.5. The second-order valence-corrected chi connectivity index (χ2v) is 13.0. The quantitative estimate of drug-likeness (QED) is 0.228. The van der Waals surface area contributed by atoms with Crippen LogP contribution in [0.3, 0.4) is 0 Å². The summed E-state index contributed by atoms with van der Waals surface area (Å²) in [7, 11) is -3.20. The number of carbonyl (C=O) groups is 1. The maximum absolute atomic E-state index is 14.6. The van der Waals surface area contributed by atoms with Gasteiger partial charge in [0.2, 0.25) is 5.91 Å². The Labute approximate surface area is 245 Å². The van der Waals surface area contributed by atoms with Gasteiger partial charge in [-0.2, -0.15) is 5.10 Å². The number of hydrogen-bond acceptors (Lipinski definition) is 8. The number of benzene rings is 1. The molecule has 1 aromatic carbocycles. The number of aromatic amines is 2. The number of carbonyl (C=O) groups excluding carboxylic acids is 1. The second kappa shape index (κ2) is 10.3. The van der Waals surface area contributed by atoms with Crippen LogP contribution in [0.4, 0.5) is 10.1 Å². The van der Waals surface area contributed by atoms with Gasteiger partial charge >= 0.3 is 0 Å². The average molecular weight is 597 g/mol. The third-order valence-electron chi connectivity index (χ3n) is 7.36. The fourth-order valence-electron chi connectivity index (χ4n) is 5.02. The van der Waals surface area contributed by atoms with Crippen molar-refractivity contribution < 1.29 is 17.6 Å². The molecule has 11 nitrogen and oxygen atoms in total. The van der Waals surface area contributed by atoms with E-state index >= 15 is 0 Å². The summed E-state index contributed by atoms with van der Waals surface area (Å²) in [6.45, 7) is 0. The van der Waals surface area contributed by atoms with Gasteiger partial charge in [0.15, 0.2) is 17.1 Å². The first-order valence-electron chi connectivity index (χ1n) is 13.6. The van der Waals surface area contributed by atoms with Gasteiger partial charge in [0.05, 0.1) is 28.5 Å².